The van der Waals surface area contributed by atoms with E-state index in [1.54, 1.807) is 0 Å². The first-order valence-corrected chi connectivity index (χ1v) is 14.3. The average Bonchev–Trinajstić information content (AvgIpc) is 3.12. The van der Waals surface area contributed by atoms with Crippen LogP contribution in [0, 0.1) is 28.6 Å². The summed E-state index contributed by atoms with van der Waals surface area (Å²) in [5, 5.41) is 0. The Bertz CT molecular complexity index is 739. The lowest BCUT2D eigenvalue weighted by Gasteiger charge is -2.57. The van der Waals surface area contributed by atoms with E-state index in [1.807, 2.05) is 6.08 Å². The van der Waals surface area contributed by atoms with E-state index in [9.17, 15) is 9.59 Å². The largest absolute Gasteiger partial charge is 0.462 e. The highest BCUT2D eigenvalue weighted by Gasteiger charge is 2.59. The van der Waals surface area contributed by atoms with Crippen LogP contribution in [-0.4, -0.2) is 17.9 Å². The number of carbonyl (C=O) groups is 2. The number of rotatable bonds is 10. The number of hydrogen-bond acceptors (Lipinski definition) is 3. The molecule has 3 fully saturated rings. The molecule has 0 spiro atoms. The van der Waals surface area contributed by atoms with E-state index < -0.39 is 0 Å². The predicted octanol–water partition coefficient (Wildman–Crippen LogP) is 7.96. The highest BCUT2D eigenvalue weighted by Crippen LogP contribution is 2.65. The minimum atomic E-state index is 0.0431. The van der Waals surface area contributed by atoms with Gasteiger partial charge < -0.3 is 4.74 Å². The molecule has 186 valence electrons. The van der Waals surface area contributed by atoms with E-state index in [2.05, 4.69) is 20.8 Å². The van der Waals surface area contributed by atoms with E-state index in [-0.39, 0.29) is 22.9 Å². The van der Waals surface area contributed by atoms with Gasteiger partial charge >= 0.3 is 5.97 Å². The third-order valence-electron chi connectivity index (χ3n) is 10.4. The van der Waals surface area contributed by atoms with E-state index in [4.69, 9.17) is 4.74 Å². The summed E-state index contributed by atoms with van der Waals surface area (Å²) < 4.78 is 6.17. The van der Waals surface area contributed by atoms with Crippen LogP contribution in [0.4, 0.5) is 0 Å². The van der Waals surface area contributed by atoms with Crippen molar-refractivity contribution >= 4 is 11.8 Å². The first kappa shape index (κ1) is 25.0. The highest BCUT2D eigenvalue weighted by molar-refractivity contribution is 5.91. The summed E-state index contributed by atoms with van der Waals surface area (Å²) >= 11 is 0. The Balaban J connectivity index is 1.27. The number of fused-ring (bicyclic) bond motifs is 5. The molecule has 0 radical (unpaired) electrons. The topological polar surface area (TPSA) is 43.4 Å². The predicted molar refractivity (Wildman–Crippen MR) is 134 cm³/mol. The summed E-state index contributed by atoms with van der Waals surface area (Å²) in [6.45, 7) is 7.13. The minimum absolute atomic E-state index is 0.0431. The molecule has 0 bridgehead atoms. The van der Waals surface area contributed by atoms with Crippen LogP contribution in [0.3, 0.4) is 0 Å². The number of unbranched alkanes of at least 4 members (excludes halogenated alkanes) is 7. The molecule has 3 unspecified atom stereocenters. The van der Waals surface area contributed by atoms with Gasteiger partial charge in [0.05, 0.1) is 0 Å². The fourth-order valence-electron chi connectivity index (χ4n) is 8.33. The van der Waals surface area contributed by atoms with Gasteiger partial charge in [0.25, 0.3) is 0 Å². The standard InChI is InChI=1S/C30H48O3/c1-4-5-6-7-8-9-10-11-12-28(32)33-27-16-15-25-24-14-13-22-21-23(31)17-19-29(22,2)26(24)18-20-30(25,27)3/h21,24-27H,4-20H2,1-3H3/t24?,25?,26?,27-,29+,30+/m1/s1. The van der Waals surface area contributed by atoms with Gasteiger partial charge in [-0.3, -0.25) is 9.59 Å². The summed E-state index contributed by atoms with van der Waals surface area (Å²) in [6, 6.07) is 0. The van der Waals surface area contributed by atoms with E-state index in [0.29, 0.717) is 24.0 Å². The zero-order chi connectivity index (χ0) is 23.5. The summed E-state index contributed by atoms with van der Waals surface area (Å²) in [6.07, 6.45) is 21.5. The lowest BCUT2D eigenvalue weighted by molar-refractivity contribution is -0.160. The van der Waals surface area contributed by atoms with Crippen LogP contribution in [0.2, 0.25) is 0 Å². The number of hydrogen-bond donors (Lipinski definition) is 0. The molecule has 0 aliphatic heterocycles. The van der Waals surface area contributed by atoms with Gasteiger partial charge in [0.1, 0.15) is 6.10 Å². The molecule has 0 amide bonds. The quantitative estimate of drug-likeness (QED) is 0.247. The van der Waals surface area contributed by atoms with Crippen molar-refractivity contribution in [2.24, 2.45) is 28.6 Å². The Morgan fingerprint density at radius 3 is 2.39 bits per heavy atom. The fraction of sp³-hybridized carbons (Fsp3) is 0.867. The zero-order valence-electron chi connectivity index (χ0n) is 21.6. The maximum Gasteiger partial charge on any atom is 0.306 e. The van der Waals surface area contributed by atoms with Crippen molar-refractivity contribution in [3.63, 3.8) is 0 Å². The second-order valence-corrected chi connectivity index (χ2v) is 12.3. The molecule has 0 aromatic rings. The molecule has 4 rings (SSSR count). The van der Waals surface area contributed by atoms with Gasteiger partial charge in [0.15, 0.2) is 5.78 Å². The van der Waals surface area contributed by atoms with Gasteiger partial charge in [-0.25, -0.2) is 0 Å². The molecule has 3 heteroatoms. The summed E-state index contributed by atoms with van der Waals surface area (Å²) in [5.41, 5.74) is 1.82. The van der Waals surface area contributed by atoms with Gasteiger partial charge in [-0.05, 0) is 80.6 Å². The average molecular weight is 457 g/mol. The second-order valence-electron chi connectivity index (χ2n) is 12.3. The van der Waals surface area contributed by atoms with Gasteiger partial charge in [0, 0.05) is 18.3 Å². The van der Waals surface area contributed by atoms with Gasteiger partial charge in [-0.1, -0.05) is 71.3 Å². The van der Waals surface area contributed by atoms with E-state index in [0.717, 1.165) is 44.4 Å². The highest BCUT2D eigenvalue weighted by atomic mass is 16.5. The fourth-order valence-corrected chi connectivity index (χ4v) is 8.33. The van der Waals surface area contributed by atoms with E-state index >= 15 is 0 Å². The molecular formula is C30H48O3. The van der Waals surface area contributed by atoms with Crippen molar-refractivity contribution < 1.29 is 14.3 Å². The van der Waals surface area contributed by atoms with Crippen LogP contribution < -0.4 is 0 Å². The van der Waals surface area contributed by atoms with Gasteiger partial charge in [-0.2, -0.15) is 0 Å². The zero-order valence-corrected chi connectivity index (χ0v) is 21.6. The van der Waals surface area contributed by atoms with Crippen LogP contribution in [0.15, 0.2) is 11.6 Å². The molecule has 0 N–H and O–H groups in total. The molecule has 0 aromatic heterocycles. The summed E-state index contributed by atoms with van der Waals surface area (Å²) in [7, 11) is 0. The lowest BCUT2D eigenvalue weighted by Crippen LogP contribution is -2.51. The second kappa shape index (κ2) is 10.6. The number of ether oxygens (including phenoxy) is 1. The van der Waals surface area contributed by atoms with Crippen LogP contribution in [0.1, 0.15) is 130 Å². The SMILES string of the molecule is CCCCCCCCCCC(=O)O[C@@H]1CCC2C3CCC4=CC(=O)CC[C@]4(C)C3CC[C@@]21C. The first-order valence-electron chi connectivity index (χ1n) is 14.3. The Labute approximate surface area is 202 Å². The summed E-state index contributed by atoms with van der Waals surface area (Å²) in [4.78, 5) is 24.7. The Morgan fingerprint density at radius 1 is 0.909 bits per heavy atom. The maximum atomic E-state index is 12.7. The molecule has 4 aliphatic rings. The lowest BCUT2D eigenvalue weighted by atomic mass is 9.47. The molecule has 0 saturated heterocycles. The van der Waals surface area contributed by atoms with Crippen LogP contribution in [0.25, 0.3) is 0 Å². The van der Waals surface area contributed by atoms with Crippen LogP contribution >= 0.6 is 0 Å². The smallest absolute Gasteiger partial charge is 0.306 e. The van der Waals surface area contributed by atoms with Gasteiger partial charge in [0.2, 0.25) is 0 Å². The normalized spacial score (nSPS) is 37.7. The molecule has 33 heavy (non-hydrogen) atoms. The summed E-state index contributed by atoms with van der Waals surface area (Å²) in [5.74, 6) is 2.49. The van der Waals surface area contributed by atoms with Crippen molar-refractivity contribution in [1.29, 1.82) is 0 Å². The molecule has 4 aliphatic carbocycles. The Morgan fingerprint density at radius 2 is 1.64 bits per heavy atom. The Kier molecular flexibility index (Phi) is 8.06. The van der Waals surface area contributed by atoms with Crippen molar-refractivity contribution in [2.45, 2.75) is 136 Å². The van der Waals surface area contributed by atoms with E-state index in [1.165, 1.54) is 69.8 Å². The monoisotopic (exact) mass is 456 g/mol. The van der Waals surface area contributed by atoms with Gasteiger partial charge in [-0.15, -0.1) is 0 Å². The number of carbonyl (C=O) groups excluding carboxylic acids is 2. The van der Waals surface area contributed by atoms with Crippen molar-refractivity contribution in [3.8, 4) is 0 Å². The molecule has 3 nitrogen and oxygen atoms in total. The van der Waals surface area contributed by atoms with Crippen LogP contribution in [0.5, 0.6) is 0 Å². The number of ketones is 1. The molecular weight excluding hydrogens is 408 g/mol. The molecule has 3 saturated carbocycles. The molecule has 6 atom stereocenters. The molecule has 0 heterocycles. The van der Waals surface area contributed by atoms with Crippen LogP contribution in [-0.2, 0) is 14.3 Å². The third-order valence-corrected chi connectivity index (χ3v) is 10.4. The minimum Gasteiger partial charge on any atom is -0.462 e. The molecule has 0 aromatic carbocycles. The van der Waals surface area contributed by atoms with Crippen molar-refractivity contribution in [1.82, 2.24) is 0 Å². The van der Waals surface area contributed by atoms with Crippen molar-refractivity contribution in [2.75, 3.05) is 0 Å². The first-order chi connectivity index (χ1) is 15.9. The number of allylic oxidation sites excluding steroid dienone is 1. The van der Waals surface area contributed by atoms with Crippen molar-refractivity contribution in [3.05, 3.63) is 11.6 Å². The third kappa shape index (κ3) is 5.13. The number of esters is 1. The maximum absolute atomic E-state index is 12.7. The Hall–Kier alpha value is -1.12.